The van der Waals surface area contributed by atoms with Gasteiger partial charge >= 0.3 is 0 Å². The summed E-state index contributed by atoms with van der Waals surface area (Å²) in [4.78, 5) is 17.5. The van der Waals surface area contributed by atoms with E-state index in [-0.39, 0.29) is 18.1 Å². The van der Waals surface area contributed by atoms with E-state index >= 15 is 0 Å². The number of ether oxygens (including phenoxy) is 2. The number of aromatic nitrogens is 1. The zero-order valence-electron chi connectivity index (χ0n) is 19.4. The summed E-state index contributed by atoms with van der Waals surface area (Å²) >= 11 is 0. The van der Waals surface area contributed by atoms with Crippen LogP contribution in [0, 0.1) is 13.8 Å². The lowest BCUT2D eigenvalue weighted by Crippen LogP contribution is -2.41. The van der Waals surface area contributed by atoms with Gasteiger partial charge in [0.05, 0.1) is 12.6 Å². The van der Waals surface area contributed by atoms with Gasteiger partial charge in [-0.25, -0.2) is 0 Å². The third kappa shape index (κ3) is 6.18. The molecule has 172 valence electrons. The summed E-state index contributed by atoms with van der Waals surface area (Å²) in [7, 11) is 0. The Morgan fingerprint density at radius 3 is 2.67 bits per heavy atom. The Labute approximate surface area is 195 Å². The van der Waals surface area contributed by atoms with Crippen LogP contribution in [-0.2, 0) is 4.74 Å². The molecule has 1 fully saturated rings. The second-order valence-electron chi connectivity index (χ2n) is 8.55. The molecule has 0 spiro atoms. The Kier molecular flexibility index (Phi) is 7.37. The summed E-state index contributed by atoms with van der Waals surface area (Å²) in [6.45, 7) is 8.68. The number of nitrogens with one attached hydrogen (secondary N) is 2. The third-order valence-electron chi connectivity index (χ3n) is 5.78. The first-order chi connectivity index (χ1) is 16.0. The number of rotatable bonds is 7. The highest BCUT2D eigenvalue weighted by molar-refractivity contribution is 5.96. The van der Waals surface area contributed by atoms with Gasteiger partial charge in [0, 0.05) is 30.5 Å². The van der Waals surface area contributed by atoms with E-state index in [9.17, 15) is 4.79 Å². The van der Waals surface area contributed by atoms with Crippen molar-refractivity contribution in [2.45, 2.75) is 32.9 Å². The molecule has 1 aliphatic rings. The van der Waals surface area contributed by atoms with Gasteiger partial charge in [-0.3, -0.25) is 9.78 Å². The van der Waals surface area contributed by atoms with Gasteiger partial charge in [0.2, 0.25) is 0 Å². The molecule has 2 aromatic carbocycles. The number of hydrogen-bond acceptors (Lipinski definition) is 5. The van der Waals surface area contributed by atoms with Crippen molar-refractivity contribution in [2.24, 2.45) is 0 Å². The van der Waals surface area contributed by atoms with E-state index in [0.29, 0.717) is 24.5 Å². The quantitative estimate of drug-likeness (QED) is 0.570. The fourth-order valence-corrected chi connectivity index (χ4v) is 3.74. The van der Waals surface area contributed by atoms with Crippen molar-refractivity contribution in [3.8, 4) is 16.9 Å². The number of aryl methyl sites for hydroxylation is 2. The molecule has 3 aromatic rings. The standard InChI is InChI=1S/C27H31N3O3/c1-18-4-7-21(8-5-18)23-12-24(14-25(13-23)33-17-26-16-28-10-11-32-26)27(31)30-20(3)22-9-6-19(2)29-15-22/h4-9,12-15,20,26,28H,10-11,16-17H2,1-3H3,(H,30,31)/t20-,26?/m1/s1. The largest absolute Gasteiger partial charge is 0.491 e. The molecule has 6 heteroatoms. The zero-order valence-corrected chi connectivity index (χ0v) is 19.4. The van der Waals surface area contributed by atoms with Crippen LogP contribution in [0.15, 0.2) is 60.8 Å². The molecular weight excluding hydrogens is 414 g/mol. The highest BCUT2D eigenvalue weighted by Crippen LogP contribution is 2.27. The van der Waals surface area contributed by atoms with Gasteiger partial charge in [0.1, 0.15) is 18.5 Å². The molecule has 1 aliphatic heterocycles. The maximum Gasteiger partial charge on any atom is 0.251 e. The summed E-state index contributed by atoms with van der Waals surface area (Å²) in [6.07, 6.45) is 1.79. The molecule has 1 unspecified atom stereocenters. The van der Waals surface area contributed by atoms with Crippen molar-refractivity contribution in [3.63, 3.8) is 0 Å². The molecule has 4 rings (SSSR count). The van der Waals surface area contributed by atoms with Crippen LogP contribution < -0.4 is 15.4 Å². The van der Waals surface area contributed by atoms with Crippen molar-refractivity contribution >= 4 is 5.91 Å². The lowest BCUT2D eigenvalue weighted by atomic mass is 10.0. The van der Waals surface area contributed by atoms with Gasteiger partial charge in [-0.1, -0.05) is 35.9 Å². The topological polar surface area (TPSA) is 72.5 Å². The first-order valence-corrected chi connectivity index (χ1v) is 11.4. The Bertz CT molecular complexity index is 1070. The summed E-state index contributed by atoms with van der Waals surface area (Å²) < 4.78 is 11.8. The second-order valence-corrected chi connectivity index (χ2v) is 8.55. The van der Waals surface area contributed by atoms with Crippen LogP contribution >= 0.6 is 0 Å². The molecule has 0 bridgehead atoms. The van der Waals surface area contributed by atoms with E-state index in [1.807, 2.05) is 38.1 Å². The fraction of sp³-hybridized carbons (Fsp3) is 0.333. The smallest absolute Gasteiger partial charge is 0.251 e. The molecule has 1 amide bonds. The van der Waals surface area contributed by atoms with Crippen molar-refractivity contribution in [2.75, 3.05) is 26.3 Å². The van der Waals surface area contributed by atoms with Crippen LogP contribution in [0.25, 0.3) is 11.1 Å². The lowest BCUT2D eigenvalue weighted by Gasteiger charge is -2.24. The monoisotopic (exact) mass is 445 g/mol. The van der Waals surface area contributed by atoms with E-state index < -0.39 is 0 Å². The molecular formula is C27H31N3O3. The number of carbonyl (C=O) groups is 1. The predicted molar refractivity (Wildman–Crippen MR) is 130 cm³/mol. The summed E-state index contributed by atoms with van der Waals surface area (Å²) in [5.74, 6) is 0.495. The van der Waals surface area contributed by atoms with Gasteiger partial charge in [-0.2, -0.15) is 0 Å². The molecule has 1 aromatic heterocycles. The molecule has 1 saturated heterocycles. The highest BCUT2D eigenvalue weighted by Gasteiger charge is 2.17. The number of nitrogens with zero attached hydrogens (tertiary/aromatic N) is 1. The molecule has 6 nitrogen and oxygen atoms in total. The predicted octanol–water partition coefficient (Wildman–Crippen LogP) is 4.22. The van der Waals surface area contributed by atoms with Crippen LogP contribution in [-0.4, -0.2) is 43.3 Å². The zero-order chi connectivity index (χ0) is 23.2. The van der Waals surface area contributed by atoms with Crippen molar-refractivity contribution < 1.29 is 14.3 Å². The SMILES string of the molecule is Cc1ccc(-c2cc(OCC3CNCCO3)cc(C(=O)N[C@H](C)c3ccc(C)nc3)c2)cc1. The second kappa shape index (κ2) is 10.6. The highest BCUT2D eigenvalue weighted by atomic mass is 16.5. The lowest BCUT2D eigenvalue weighted by molar-refractivity contribution is 0.000195. The van der Waals surface area contributed by atoms with Gasteiger partial charge in [-0.05, 0) is 61.7 Å². The Hall–Kier alpha value is -3.22. The van der Waals surface area contributed by atoms with Crippen LogP contribution in [0.5, 0.6) is 5.75 Å². The fourth-order valence-electron chi connectivity index (χ4n) is 3.74. The van der Waals surface area contributed by atoms with Crippen molar-refractivity contribution in [1.29, 1.82) is 0 Å². The first kappa shape index (κ1) is 23.0. The maximum absolute atomic E-state index is 13.2. The van der Waals surface area contributed by atoms with Crippen molar-refractivity contribution in [3.05, 3.63) is 83.2 Å². The summed E-state index contributed by atoms with van der Waals surface area (Å²) in [5, 5.41) is 6.39. The average Bonchev–Trinajstić information content (AvgIpc) is 2.84. The van der Waals surface area contributed by atoms with Gasteiger partial charge in [-0.15, -0.1) is 0 Å². The van der Waals surface area contributed by atoms with E-state index in [1.165, 1.54) is 5.56 Å². The summed E-state index contributed by atoms with van der Waals surface area (Å²) in [6, 6.07) is 17.7. The van der Waals surface area contributed by atoms with Crippen LogP contribution in [0.1, 0.15) is 40.1 Å². The number of carbonyl (C=O) groups excluding carboxylic acids is 1. The van der Waals surface area contributed by atoms with E-state index in [1.54, 1.807) is 12.3 Å². The minimum absolute atomic E-state index is 0.00637. The molecule has 2 heterocycles. The van der Waals surface area contributed by atoms with Crippen LogP contribution in [0.3, 0.4) is 0 Å². The number of benzene rings is 2. The molecule has 33 heavy (non-hydrogen) atoms. The average molecular weight is 446 g/mol. The van der Waals surface area contributed by atoms with Crippen LogP contribution in [0.4, 0.5) is 0 Å². The Balaban J connectivity index is 1.56. The number of morpholine rings is 1. The minimum atomic E-state index is -0.167. The number of pyridine rings is 1. The molecule has 2 N–H and O–H groups in total. The van der Waals surface area contributed by atoms with E-state index in [0.717, 1.165) is 35.5 Å². The van der Waals surface area contributed by atoms with Crippen LogP contribution in [0.2, 0.25) is 0 Å². The summed E-state index contributed by atoms with van der Waals surface area (Å²) in [5.41, 5.74) is 5.62. The Morgan fingerprint density at radius 1 is 1.15 bits per heavy atom. The number of amides is 1. The molecule has 0 saturated carbocycles. The molecule has 0 radical (unpaired) electrons. The van der Waals surface area contributed by atoms with Gasteiger partial charge in [0.25, 0.3) is 5.91 Å². The third-order valence-corrected chi connectivity index (χ3v) is 5.78. The first-order valence-electron chi connectivity index (χ1n) is 11.4. The number of hydrogen-bond donors (Lipinski definition) is 2. The molecule has 0 aliphatic carbocycles. The molecule has 2 atom stereocenters. The van der Waals surface area contributed by atoms with E-state index in [2.05, 4.69) is 46.8 Å². The van der Waals surface area contributed by atoms with Gasteiger partial charge < -0.3 is 20.1 Å². The van der Waals surface area contributed by atoms with Crippen molar-refractivity contribution in [1.82, 2.24) is 15.6 Å². The minimum Gasteiger partial charge on any atom is -0.491 e. The Morgan fingerprint density at radius 2 is 1.97 bits per heavy atom. The maximum atomic E-state index is 13.2. The normalized spacial score (nSPS) is 16.8. The van der Waals surface area contributed by atoms with Gasteiger partial charge in [0.15, 0.2) is 0 Å². The van der Waals surface area contributed by atoms with E-state index in [4.69, 9.17) is 9.47 Å².